The lowest BCUT2D eigenvalue weighted by Gasteiger charge is -2.29. The molecular weight excluding hydrogens is 418 g/mol. The molecule has 9 nitrogen and oxygen atoms in total. The van der Waals surface area contributed by atoms with Crippen LogP contribution >= 0.6 is 10.5 Å². The molecule has 2 amide bonds. The lowest BCUT2D eigenvalue weighted by molar-refractivity contribution is -0.233. The van der Waals surface area contributed by atoms with Gasteiger partial charge in [-0.15, -0.1) is 0 Å². The van der Waals surface area contributed by atoms with E-state index in [4.69, 9.17) is 4.74 Å². The summed E-state index contributed by atoms with van der Waals surface area (Å²) in [6, 6.07) is 6.43. The maximum Gasteiger partial charge on any atom is 0.331 e. The predicted molar refractivity (Wildman–Crippen MR) is 114 cm³/mol. The van der Waals surface area contributed by atoms with E-state index in [2.05, 4.69) is 20.3 Å². The lowest BCUT2D eigenvalue weighted by Crippen LogP contribution is -2.34. The number of carbonyl (C=O) groups excluding carboxylic acids is 2. The molecule has 1 N–H and O–H groups in total. The van der Waals surface area contributed by atoms with Gasteiger partial charge in [-0.05, 0) is 32.0 Å². The van der Waals surface area contributed by atoms with Gasteiger partial charge in [0.2, 0.25) is 0 Å². The SMILES string of the molecule is Cc1ncccc1Oc1ccnc(C)c1N1C(=O)Nc2c[s+](C(=O)[O-])c3nccc1c23. The molecule has 0 bridgehead atoms. The Morgan fingerprint density at radius 3 is 2.61 bits per heavy atom. The summed E-state index contributed by atoms with van der Waals surface area (Å²) in [6.45, 7) is 3.59. The second-order valence-corrected chi connectivity index (χ2v) is 8.46. The molecule has 4 aromatic rings. The van der Waals surface area contributed by atoms with E-state index in [1.165, 1.54) is 16.5 Å². The summed E-state index contributed by atoms with van der Waals surface area (Å²) in [4.78, 5) is 39.3. The molecule has 0 fully saturated rings. The van der Waals surface area contributed by atoms with Crippen LogP contribution in [0.3, 0.4) is 0 Å². The van der Waals surface area contributed by atoms with Gasteiger partial charge < -0.3 is 20.0 Å². The van der Waals surface area contributed by atoms with Crippen LogP contribution in [0.15, 0.2) is 48.2 Å². The lowest BCUT2D eigenvalue weighted by atomic mass is 10.1. The number of nitrogens with zero attached hydrogens (tertiary/aromatic N) is 4. The molecule has 1 atom stereocenters. The Hall–Kier alpha value is -4.05. The first-order chi connectivity index (χ1) is 15.0. The van der Waals surface area contributed by atoms with Crippen molar-refractivity contribution in [1.82, 2.24) is 15.0 Å². The first-order valence-corrected chi connectivity index (χ1v) is 10.6. The van der Waals surface area contributed by atoms with Crippen LogP contribution in [0.1, 0.15) is 11.4 Å². The number of aromatic nitrogens is 3. The van der Waals surface area contributed by atoms with Crippen molar-refractivity contribution in [3.63, 3.8) is 0 Å². The van der Waals surface area contributed by atoms with Gasteiger partial charge in [0.05, 0.1) is 27.5 Å². The van der Waals surface area contributed by atoms with Crippen LogP contribution in [-0.2, 0) is 0 Å². The molecule has 154 valence electrons. The van der Waals surface area contributed by atoms with E-state index in [9.17, 15) is 14.7 Å². The molecule has 4 aromatic heterocycles. The molecule has 31 heavy (non-hydrogen) atoms. The first kappa shape index (κ1) is 18.9. The van der Waals surface area contributed by atoms with Crippen LogP contribution in [-0.4, -0.2) is 26.3 Å². The van der Waals surface area contributed by atoms with Crippen LogP contribution in [0, 0.1) is 13.8 Å². The molecule has 0 aromatic carbocycles. The fraction of sp³-hybridized carbons (Fsp3) is 0.0952. The van der Waals surface area contributed by atoms with E-state index in [0.29, 0.717) is 50.2 Å². The zero-order valence-electron chi connectivity index (χ0n) is 16.4. The molecule has 1 aliphatic rings. The smallest absolute Gasteiger partial charge is 0.331 e. The number of pyridine rings is 3. The summed E-state index contributed by atoms with van der Waals surface area (Å²) < 4.78 is 6.11. The molecule has 0 saturated carbocycles. The Morgan fingerprint density at radius 2 is 1.84 bits per heavy atom. The fourth-order valence-corrected chi connectivity index (χ4v) is 4.97. The molecule has 10 heteroatoms. The van der Waals surface area contributed by atoms with Gasteiger partial charge in [-0.25, -0.2) is 9.78 Å². The van der Waals surface area contributed by atoms with Crippen molar-refractivity contribution in [1.29, 1.82) is 0 Å². The number of hydrogen-bond donors (Lipinski definition) is 1. The number of nitrogens with one attached hydrogen (secondary N) is 1. The number of thiophene rings is 1. The molecule has 0 spiro atoms. The van der Waals surface area contributed by atoms with E-state index in [0.717, 1.165) is 0 Å². The van der Waals surface area contributed by atoms with Gasteiger partial charge in [-0.2, -0.15) is 0 Å². The molecule has 1 aliphatic heterocycles. The van der Waals surface area contributed by atoms with E-state index < -0.39 is 21.8 Å². The third-order valence-corrected chi connectivity index (χ3v) is 6.50. The number of ether oxygens (including phenoxy) is 1. The maximum absolute atomic E-state index is 13.1. The number of amides is 2. The van der Waals surface area contributed by atoms with Crippen LogP contribution < -0.4 is 20.1 Å². The molecule has 5 heterocycles. The molecule has 1 unspecified atom stereocenters. The van der Waals surface area contributed by atoms with Gasteiger partial charge in [-0.1, -0.05) is 0 Å². The average Bonchev–Trinajstić information content (AvgIpc) is 3.11. The monoisotopic (exact) mass is 433 g/mol. The molecular formula is C21H15N5O4S. The van der Waals surface area contributed by atoms with Crippen LogP contribution in [0.25, 0.3) is 10.2 Å². The zero-order valence-corrected chi connectivity index (χ0v) is 17.3. The standard InChI is InChI=1S/C21H15N5O4S/c1-11-15(4-3-7-22-11)30-16-6-9-23-12(2)18(16)26-14-5-8-24-19-17(14)13(25-20(26)27)10-31(19)21(28)29/h3-10H,1-2H3,(H-,25,27,28,29). The Morgan fingerprint density at radius 1 is 1.06 bits per heavy atom. The Balaban J connectivity index is 1.72. The van der Waals surface area contributed by atoms with Crippen LogP contribution in [0.4, 0.5) is 26.7 Å². The summed E-state index contributed by atoms with van der Waals surface area (Å²) in [7, 11) is -1.35. The molecule has 0 radical (unpaired) electrons. The number of urea groups is 1. The van der Waals surface area contributed by atoms with Crippen molar-refractivity contribution in [3.05, 3.63) is 59.6 Å². The Labute approximate surface area is 178 Å². The van der Waals surface area contributed by atoms with Gasteiger partial charge >= 0.3 is 11.3 Å². The van der Waals surface area contributed by atoms with E-state index in [1.807, 2.05) is 6.92 Å². The van der Waals surface area contributed by atoms with Crippen molar-refractivity contribution in [2.45, 2.75) is 13.8 Å². The largest absolute Gasteiger partial charge is 0.500 e. The number of carbonyl (C=O) groups is 2. The quantitative estimate of drug-likeness (QED) is 0.482. The van der Waals surface area contributed by atoms with Crippen LogP contribution in [0.5, 0.6) is 11.5 Å². The summed E-state index contributed by atoms with van der Waals surface area (Å²) in [6.07, 6.45) is 4.75. The highest BCUT2D eigenvalue weighted by molar-refractivity contribution is 7.54. The summed E-state index contributed by atoms with van der Waals surface area (Å²) in [5.41, 5.74) is 2.61. The molecule has 0 saturated heterocycles. The normalized spacial score (nSPS) is 13.3. The second-order valence-electron chi connectivity index (χ2n) is 6.83. The number of carboxylic acid groups (broad SMARTS) is 1. The third kappa shape index (κ3) is 2.96. The highest BCUT2D eigenvalue weighted by atomic mass is 32.2. The Bertz CT molecular complexity index is 1380. The second kappa shape index (κ2) is 7.03. The number of hydrogen-bond acceptors (Lipinski definition) is 7. The molecule has 0 aliphatic carbocycles. The average molecular weight is 433 g/mol. The van der Waals surface area contributed by atoms with Crippen molar-refractivity contribution < 1.29 is 19.4 Å². The van der Waals surface area contributed by atoms with Gasteiger partial charge in [0.1, 0.15) is 22.5 Å². The first-order valence-electron chi connectivity index (χ1n) is 9.27. The zero-order chi connectivity index (χ0) is 21.7. The minimum atomic E-state index is -1.35. The number of rotatable bonds is 4. The van der Waals surface area contributed by atoms with Gasteiger partial charge in [0.15, 0.2) is 11.1 Å². The van der Waals surface area contributed by atoms with Crippen molar-refractivity contribution in [2.75, 3.05) is 10.2 Å². The van der Waals surface area contributed by atoms with Gasteiger partial charge in [-0.3, -0.25) is 14.9 Å². The summed E-state index contributed by atoms with van der Waals surface area (Å²) in [5, 5.41) is 15.1. The minimum Gasteiger partial charge on any atom is -0.500 e. The van der Waals surface area contributed by atoms with E-state index in [1.54, 1.807) is 43.6 Å². The van der Waals surface area contributed by atoms with Crippen molar-refractivity contribution >= 4 is 49.1 Å². The number of aryl methyl sites for hydroxylation is 2. The number of anilines is 3. The summed E-state index contributed by atoms with van der Waals surface area (Å²) >= 11 is 0. The van der Waals surface area contributed by atoms with Crippen molar-refractivity contribution in [2.24, 2.45) is 0 Å². The van der Waals surface area contributed by atoms with Gasteiger partial charge in [0.25, 0.3) is 4.83 Å². The maximum atomic E-state index is 13.1. The highest BCUT2D eigenvalue weighted by Crippen LogP contribution is 2.49. The fourth-order valence-electron chi connectivity index (χ4n) is 3.58. The third-order valence-electron chi connectivity index (χ3n) is 4.94. The van der Waals surface area contributed by atoms with Crippen molar-refractivity contribution in [3.8, 4) is 11.5 Å². The van der Waals surface area contributed by atoms with E-state index in [-0.39, 0.29) is 0 Å². The predicted octanol–water partition coefficient (Wildman–Crippen LogP) is 4.06. The minimum absolute atomic E-state index is 0.351. The highest BCUT2D eigenvalue weighted by Gasteiger charge is 2.36. The van der Waals surface area contributed by atoms with E-state index >= 15 is 0 Å². The van der Waals surface area contributed by atoms with Gasteiger partial charge in [0, 0.05) is 24.7 Å². The topological polar surface area (TPSA) is 120 Å². The van der Waals surface area contributed by atoms with Crippen LogP contribution in [0.2, 0.25) is 0 Å². The Kier molecular flexibility index (Phi) is 4.29. The summed E-state index contributed by atoms with van der Waals surface area (Å²) in [5.74, 6) is 0.958. The molecule has 5 rings (SSSR count).